The zero-order valence-corrected chi connectivity index (χ0v) is 18.8. The van der Waals surface area contributed by atoms with Gasteiger partial charge >= 0.3 is 0 Å². The van der Waals surface area contributed by atoms with Gasteiger partial charge < -0.3 is 21.1 Å². The van der Waals surface area contributed by atoms with Crippen LogP contribution in [0, 0.1) is 17.8 Å². The van der Waals surface area contributed by atoms with E-state index in [4.69, 9.17) is 0 Å². The summed E-state index contributed by atoms with van der Waals surface area (Å²) in [5, 5.41) is 19.0. The predicted molar refractivity (Wildman–Crippen MR) is 112 cm³/mol. The highest BCUT2D eigenvalue weighted by atomic mass is 16.3. The van der Waals surface area contributed by atoms with Crippen molar-refractivity contribution in [2.24, 2.45) is 17.8 Å². The van der Waals surface area contributed by atoms with Crippen LogP contribution in [-0.2, 0) is 14.4 Å². The van der Waals surface area contributed by atoms with Gasteiger partial charge in [-0.15, -0.1) is 0 Å². The molecule has 7 nitrogen and oxygen atoms in total. The molecule has 4 N–H and O–H groups in total. The van der Waals surface area contributed by atoms with Crippen LogP contribution in [0.3, 0.4) is 0 Å². The van der Waals surface area contributed by atoms with Gasteiger partial charge in [0.15, 0.2) is 0 Å². The van der Waals surface area contributed by atoms with E-state index in [0.29, 0.717) is 12.8 Å². The standard InChI is InChI=1S/C21H41N3O4/c1-12(2)9-16(17(25)11-19(27)22-15(7)8)23-21(28)20(14(5)6)24-18(26)10-13(3)4/h12-17,20,25H,9-11H2,1-8H3,(H,22,27)(H,23,28)(H,24,26). The van der Waals surface area contributed by atoms with Crippen LogP contribution in [0.2, 0.25) is 0 Å². The van der Waals surface area contributed by atoms with Crippen LogP contribution >= 0.6 is 0 Å². The highest BCUT2D eigenvalue weighted by Gasteiger charge is 2.30. The van der Waals surface area contributed by atoms with Crippen LogP contribution in [0.25, 0.3) is 0 Å². The van der Waals surface area contributed by atoms with Crippen LogP contribution in [0.4, 0.5) is 0 Å². The molecule has 0 aromatic rings. The average molecular weight is 400 g/mol. The Labute approximate surface area is 170 Å². The lowest BCUT2D eigenvalue weighted by molar-refractivity contribution is -0.132. The van der Waals surface area contributed by atoms with Gasteiger partial charge in [-0.2, -0.15) is 0 Å². The van der Waals surface area contributed by atoms with Gasteiger partial charge in [-0.05, 0) is 38.0 Å². The topological polar surface area (TPSA) is 108 Å². The molecule has 0 heterocycles. The third kappa shape index (κ3) is 11.3. The minimum absolute atomic E-state index is 0.0145. The van der Waals surface area contributed by atoms with Gasteiger partial charge in [0.2, 0.25) is 17.7 Å². The molecule has 0 bridgehead atoms. The van der Waals surface area contributed by atoms with Crippen molar-refractivity contribution in [3.05, 3.63) is 0 Å². The fourth-order valence-corrected chi connectivity index (χ4v) is 2.94. The Hall–Kier alpha value is -1.63. The summed E-state index contributed by atoms with van der Waals surface area (Å²) in [6, 6.07) is -1.26. The molecule has 0 fully saturated rings. The van der Waals surface area contributed by atoms with E-state index in [0.717, 1.165) is 0 Å². The molecule has 0 radical (unpaired) electrons. The molecule has 0 aliphatic heterocycles. The fourth-order valence-electron chi connectivity index (χ4n) is 2.94. The molecule has 0 aromatic heterocycles. The molecule has 7 heteroatoms. The monoisotopic (exact) mass is 399 g/mol. The van der Waals surface area contributed by atoms with Crippen LogP contribution in [0.5, 0.6) is 0 Å². The summed E-state index contributed by atoms with van der Waals surface area (Å²) in [5.74, 6) is -0.428. The van der Waals surface area contributed by atoms with Gasteiger partial charge in [-0.1, -0.05) is 41.5 Å². The summed E-state index contributed by atoms with van der Waals surface area (Å²) in [7, 11) is 0. The van der Waals surface area contributed by atoms with Crippen molar-refractivity contribution in [1.29, 1.82) is 0 Å². The lowest BCUT2D eigenvalue weighted by Gasteiger charge is -2.29. The molecule has 3 unspecified atom stereocenters. The van der Waals surface area contributed by atoms with Crippen molar-refractivity contribution in [3.63, 3.8) is 0 Å². The van der Waals surface area contributed by atoms with E-state index < -0.39 is 18.2 Å². The number of aliphatic hydroxyl groups is 1. The number of nitrogens with one attached hydrogen (secondary N) is 3. The van der Waals surface area contributed by atoms with Crippen molar-refractivity contribution < 1.29 is 19.5 Å². The van der Waals surface area contributed by atoms with Crippen molar-refractivity contribution in [2.45, 2.75) is 98.9 Å². The largest absolute Gasteiger partial charge is 0.390 e. The summed E-state index contributed by atoms with van der Waals surface area (Å²) in [4.78, 5) is 36.9. The van der Waals surface area contributed by atoms with Gasteiger partial charge in [-0.25, -0.2) is 0 Å². The minimum Gasteiger partial charge on any atom is -0.390 e. The molecule has 0 aromatic carbocycles. The van der Waals surface area contributed by atoms with Gasteiger partial charge in [0.25, 0.3) is 0 Å². The second-order valence-corrected chi connectivity index (χ2v) is 9.13. The molecule has 0 aliphatic carbocycles. The molecule has 28 heavy (non-hydrogen) atoms. The van der Waals surface area contributed by atoms with E-state index in [1.165, 1.54) is 0 Å². The average Bonchev–Trinajstić information content (AvgIpc) is 2.49. The summed E-state index contributed by atoms with van der Waals surface area (Å²) in [5.41, 5.74) is 0. The summed E-state index contributed by atoms with van der Waals surface area (Å²) in [6.45, 7) is 15.3. The van der Waals surface area contributed by atoms with E-state index in [9.17, 15) is 19.5 Å². The quantitative estimate of drug-likeness (QED) is 0.402. The number of hydrogen-bond acceptors (Lipinski definition) is 4. The zero-order chi connectivity index (χ0) is 22.0. The van der Waals surface area contributed by atoms with Crippen LogP contribution in [0.1, 0.15) is 74.7 Å². The van der Waals surface area contributed by atoms with E-state index in [-0.39, 0.29) is 47.9 Å². The normalized spacial score (nSPS) is 14.9. The van der Waals surface area contributed by atoms with Crippen molar-refractivity contribution in [3.8, 4) is 0 Å². The van der Waals surface area contributed by atoms with Crippen LogP contribution < -0.4 is 16.0 Å². The van der Waals surface area contributed by atoms with E-state index in [2.05, 4.69) is 16.0 Å². The Morgan fingerprint density at radius 3 is 1.71 bits per heavy atom. The smallest absolute Gasteiger partial charge is 0.243 e. The van der Waals surface area contributed by atoms with E-state index in [1.54, 1.807) is 0 Å². The van der Waals surface area contributed by atoms with Gasteiger partial charge in [0.1, 0.15) is 6.04 Å². The molecule has 0 rings (SSSR count). The maximum atomic E-state index is 12.8. The molecule has 3 amide bonds. The molecular weight excluding hydrogens is 358 g/mol. The van der Waals surface area contributed by atoms with Crippen molar-refractivity contribution >= 4 is 17.7 Å². The number of carbonyl (C=O) groups excluding carboxylic acids is 3. The Balaban J connectivity index is 5.12. The first-order valence-corrected chi connectivity index (χ1v) is 10.4. The Morgan fingerprint density at radius 1 is 0.750 bits per heavy atom. The maximum absolute atomic E-state index is 12.8. The first-order chi connectivity index (χ1) is 12.8. The number of hydrogen-bond donors (Lipinski definition) is 4. The molecule has 0 saturated carbocycles. The number of carbonyl (C=O) groups is 3. The third-order valence-corrected chi connectivity index (χ3v) is 4.22. The van der Waals surface area contributed by atoms with Crippen molar-refractivity contribution in [2.75, 3.05) is 0 Å². The fraction of sp³-hybridized carbons (Fsp3) is 0.857. The molecule has 0 saturated heterocycles. The molecule has 3 atom stereocenters. The second-order valence-electron chi connectivity index (χ2n) is 9.13. The molecule has 164 valence electrons. The lowest BCUT2D eigenvalue weighted by Crippen LogP contribution is -2.55. The Bertz CT molecular complexity index is 504. The van der Waals surface area contributed by atoms with E-state index >= 15 is 0 Å². The summed E-state index contributed by atoms with van der Waals surface area (Å²) in [6.07, 6.45) is -0.192. The Morgan fingerprint density at radius 2 is 1.29 bits per heavy atom. The van der Waals surface area contributed by atoms with Gasteiger partial charge in [-0.3, -0.25) is 14.4 Å². The summed E-state index contributed by atoms with van der Waals surface area (Å²) < 4.78 is 0. The zero-order valence-electron chi connectivity index (χ0n) is 18.8. The maximum Gasteiger partial charge on any atom is 0.243 e. The lowest BCUT2D eigenvalue weighted by atomic mass is 9.95. The second kappa shape index (κ2) is 12.8. The molecule has 0 aliphatic rings. The van der Waals surface area contributed by atoms with Crippen LogP contribution in [0.15, 0.2) is 0 Å². The first-order valence-electron chi connectivity index (χ1n) is 10.4. The van der Waals surface area contributed by atoms with Crippen LogP contribution in [-0.4, -0.2) is 47.1 Å². The van der Waals surface area contributed by atoms with Crippen molar-refractivity contribution in [1.82, 2.24) is 16.0 Å². The highest BCUT2D eigenvalue weighted by Crippen LogP contribution is 2.13. The minimum atomic E-state index is -0.996. The third-order valence-electron chi connectivity index (χ3n) is 4.22. The number of rotatable bonds is 12. The Kier molecular flexibility index (Phi) is 12.0. The molecule has 0 spiro atoms. The predicted octanol–water partition coefficient (Wildman–Crippen LogP) is 1.98. The highest BCUT2D eigenvalue weighted by molar-refractivity contribution is 5.88. The van der Waals surface area contributed by atoms with E-state index in [1.807, 2.05) is 55.4 Å². The van der Waals surface area contributed by atoms with Gasteiger partial charge in [0.05, 0.1) is 18.6 Å². The first kappa shape index (κ1) is 26.4. The molecular formula is C21H41N3O4. The SMILES string of the molecule is CC(C)CC(=O)NC(C(=O)NC(CC(C)C)C(O)CC(=O)NC(C)C)C(C)C. The number of amides is 3. The van der Waals surface area contributed by atoms with Gasteiger partial charge in [0, 0.05) is 12.5 Å². The summed E-state index contributed by atoms with van der Waals surface area (Å²) >= 11 is 0. The number of aliphatic hydroxyl groups excluding tert-OH is 1.